The van der Waals surface area contributed by atoms with E-state index >= 15 is 0 Å². The van der Waals surface area contributed by atoms with E-state index in [1.165, 1.54) is 11.8 Å². The maximum atomic E-state index is 9.14. The second-order valence-electron chi connectivity index (χ2n) is 1.49. The highest BCUT2D eigenvalue weighted by Gasteiger charge is 1.57. The van der Waals surface area contributed by atoms with Crippen LogP contribution in [0.5, 0.6) is 0 Å². The molecule has 0 aliphatic rings. The van der Waals surface area contributed by atoms with Gasteiger partial charge in [0.2, 0.25) is 0 Å². The van der Waals surface area contributed by atoms with Gasteiger partial charge in [-0.1, -0.05) is 48.2 Å². The van der Waals surface area contributed by atoms with E-state index in [0.29, 0.717) is 0 Å². The zero-order chi connectivity index (χ0) is 7.66. The molecule has 1 rings (SSSR count). The van der Waals surface area contributed by atoms with Gasteiger partial charge in [-0.05, 0) is 6.26 Å². The Balaban J connectivity index is 0.000000180. The Morgan fingerprint density at radius 1 is 1.00 bits per heavy atom. The third-order valence-corrected chi connectivity index (χ3v) is 0.955. The normalized spacial score (nSPS) is 7.30. The lowest BCUT2D eigenvalue weighted by Gasteiger charge is -1.69. The van der Waals surface area contributed by atoms with Gasteiger partial charge in [0, 0.05) is 0 Å². The van der Waals surface area contributed by atoms with Gasteiger partial charge in [0.05, 0.1) is 0 Å². The van der Waals surface area contributed by atoms with Crippen LogP contribution in [0.3, 0.4) is 0 Å². The summed E-state index contributed by atoms with van der Waals surface area (Å²) in [6.45, 7) is 0. The van der Waals surface area contributed by atoms with Crippen molar-refractivity contribution in [2.24, 2.45) is 0 Å². The van der Waals surface area contributed by atoms with Gasteiger partial charge >= 0.3 is 0 Å². The first-order valence-electron chi connectivity index (χ1n) is 2.88. The Bertz CT molecular complexity index is 124. The molecule has 0 radical (unpaired) electrons. The van der Waals surface area contributed by atoms with E-state index in [9.17, 15) is 0 Å². The summed E-state index contributed by atoms with van der Waals surface area (Å²) in [6, 6.07) is 12.0. The Morgan fingerprint density at radius 2 is 1.20 bits per heavy atom. The third kappa shape index (κ3) is 7.24. The molecule has 1 aromatic carbocycles. The number of benzene rings is 1. The fourth-order valence-electron chi connectivity index (χ4n) is 0.385. The summed E-state index contributed by atoms with van der Waals surface area (Å²) in [6.07, 6.45) is 1.73. The molecule has 1 aromatic rings. The van der Waals surface area contributed by atoms with E-state index in [1.807, 2.05) is 36.4 Å². The molecule has 0 saturated carbocycles. The average molecular weight is 154 g/mol. The topological polar surface area (TPSA) is 17.1 Å². The molecule has 2 heteroatoms. The molecular formula is C8H10OS. The summed E-state index contributed by atoms with van der Waals surface area (Å²) in [5.74, 6) is 0. The van der Waals surface area contributed by atoms with Crippen LogP contribution in [0.1, 0.15) is 0 Å². The quantitative estimate of drug-likeness (QED) is 0.577. The van der Waals surface area contributed by atoms with E-state index in [1.54, 1.807) is 6.26 Å². The standard InChI is InChI=1S/C6H6.C2H4OS/c1-2-4-6-5-3-1;1-4-2-3/h1-6H;2H,1H3. The Labute approximate surface area is 65.5 Å². The largest absolute Gasteiger partial charge is 0.291 e. The molecule has 0 aromatic heterocycles. The second kappa shape index (κ2) is 8.24. The lowest BCUT2D eigenvalue weighted by atomic mass is 10.4. The van der Waals surface area contributed by atoms with Crippen molar-refractivity contribution in [3.8, 4) is 0 Å². The predicted molar refractivity (Wildman–Crippen MR) is 46.7 cm³/mol. The van der Waals surface area contributed by atoms with Crippen molar-refractivity contribution in [2.75, 3.05) is 6.26 Å². The van der Waals surface area contributed by atoms with E-state index in [0.717, 1.165) is 5.62 Å². The van der Waals surface area contributed by atoms with Crippen molar-refractivity contribution in [1.29, 1.82) is 0 Å². The fourth-order valence-corrected chi connectivity index (χ4v) is 0.385. The van der Waals surface area contributed by atoms with E-state index in [2.05, 4.69) is 0 Å². The molecular weight excluding hydrogens is 144 g/mol. The molecule has 0 atom stereocenters. The maximum absolute atomic E-state index is 9.14. The minimum atomic E-state index is 0.792. The molecule has 0 aliphatic heterocycles. The fraction of sp³-hybridized carbons (Fsp3) is 0.125. The van der Waals surface area contributed by atoms with Gasteiger partial charge in [-0.2, -0.15) is 0 Å². The first-order valence-corrected chi connectivity index (χ1v) is 4.17. The molecule has 0 heterocycles. The van der Waals surface area contributed by atoms with Gasteiger partial charge in [0.1, 0.15) is 0 Å². The predicted octanol–water partition coefficient (Wildman–Crippen LogP) is 2.23. The molecule has 0 fully saturated rings. The van der Waals surface area contributed by atoms with Gasteiger partial charge in [-0.25, -0.2) is 0 Å². The monoisotopic (exact) mass is 154 g/mol. The van der Waals surface area contributed by atoms with Crippen molar-refractivity contribution in [1.82, 2.24) is 0 Å². The highest BCUT2D eigenvalue weighted by Crippen LogP contribution is 1.79. The zero-order valence-electron chi connectivity index (χ0n) is 5.86. The smallest absolute Gasteiger partial charge is 0.175 e. The highest BCUT2D eigenvalue weighted by molar-refractivity contribution is 8.11. The van der Waals surface area contributed by atoms with Crippen LogP contribution in [0.25, 0.3) is 0 Å². The number of carbonyl (C=O) groups excluding carboxylic acids is 1. The van der Waals surface area contributed by atoms with Crippen LogP contribution < -0.4 is 0 Å². The van der Waals surface area contributed by atoms with Gasteiger partial charge in [-0.15, -0.1) is 0 Å². The molecule has 10 heavy (non-hydrogen) atoms. The van der Waals surface area contributed by atoms with Crippen molar-refractivity contribution >= 4 is 17.4 Å². The Hall–Kier alpha value is -0.760. The molecule has 0 aliphatic carbocycles. The van der Waals surface area contributed by atoms with Crippen molar-refractivity contribution in [2.45, 2.75) is 0 Å². The SMILES string of the molecule is CSC=O.c1ccccc1. The number of carbonyl (C=O) groups is 1. The summed E-state index contributed by atoms with van der Waals surface area (Å²) in [5, 5.41) is 0. The minimum absolute atomic E-state index is 0.792. The van der Waals surface area contributed by atoms with Crippen LogP contribution in [0.4, 0.5) is 0 Å². The molecule has 0 N–H and O–H groups in total. The summed E-state index contributed by atoms with van der Waals surface area (Å²) in [7, 11) is 0. The van der Waals surface area contributed by atoms with Gasteiger partial charge in [-0.3, -0.25) is 4.79 Å². The third-order valence-electron chi connectivity index (χ3n) is 0.763. The molecule has 0 bridgehead atoms. The molecule has 54 valence electrons. The van der Waals surface area contributed by atoms with Crippen LogP contribution in [0, 0.1) is 0 Å². The second-order valence-corrected chi connectivity index (χ2v) is 2.15. The van der Waals surface area contributed by atoms with E-state index in [-0.39, 0.29) is 0 Å². The van der Waals surface area contributed by atoms with Crippen molar-refractivity contribution < 1.29 is 4.79 Å². The molecule has 0 saturated heterocycles. The van der Waals surface area contributed by atoms with Crippen LogP contribution in [-0.4, -0.2) is 11.9 Å². The molecule has 0 unspecified atom stereocenters. The van der Waals surface area contributed by atoms with Crippen LogP contribution >= 0.6 is 11.8 Å². The number of hydrogen-bond acceptors (Lipinski definition) is 2. The molecule has 0 spiro atoms. The highest BCUT2D eigenvalue weighted by atomic mass is 32.2. The number of hydrogen-bond donors (Lipinski definition) is 0. The van der Waals surface area contributed by atoms with Gasteiger partial charge in [0.25, 0.3) is 0 Å². The van der Waals surface area contributed by atoms with E-state index < -0.39 is 0 Å². The maximum Gasteiger partial charge on any atom is 0.175 e. The number of thioether (sulfide) groups is 1. The average Bonchev–Trinajstić information content (AvgIpc) is 2.08. The Morgan fingerprint density at radius 3 is 1.30 bits per heavy atom. The number of rotatable bonds is 1. The molecule has 0 amide bonds. The van der Waals surface area contributed by atoms with Crippen LogP contribution in [0.15, 0.2) is 36.4 Å². The van der Waals surface area contributed by atoms with Crippen molar-refractivity contribution in [3.63, 3.8) is 0 Å². The van der Waals surface area contributed by atoms with Gasteiger partial charge in [0.15, 0.2) is 5.62 Å². The first-order chi connectivity index (χ1) is 4.91. The summed E-state index contributed by atoms with van der Waals surface area (Å²) in [4.78, 5) is 9.14. The summed E-state index contributed by atoms with van der Waals surface area (Å²) < 4.78 is 0. The van der Waals surface area contributed by atoms with E-state index in [4.69, 9.17) is 4.79 Å². The minimum Gasteiger partial charge on any atom is -0.291 e. The molecule has 1 nitrogen and oxygen atoms in total. The van der Waals surface area contributed by atoms with Crippen LogP contribution in [-0.2, 0) is 4.79 Å². The lowest BCUT2D eigenvalue weighted by Crippen LogP contribution is -1.47. The van der Waals surface area contributed by atoms with Gasteiger partial charge < -0.3 is 0 Å². The summed E-state index contributed by atoms with van der Waals surface area (Å²) in [5.41, 5.74) is 0.792. The van der Waals surface area contributed by atoms with Crippen LogP contribution in [0.2, 0.25) is 0 Å². The first kappa shape index (κ1) is 9.24. The zero-order valence-corrected chi connectivity index (χ0v) is 6.67. The Kier molecular flexibility index (Phi) is 7.61. The summed E-state index contributed by atoms with van der Waals surface area (Å²) >= 11 is 1.18. The van der Waals surface area contributed by atoms with Crippen molar-refractivity contribution in [3.05, 3.63) is 36.4 Å². The lowest BCUT2D eigenvalue weighted by molar-refractivity contribution is 0.570.